The van der Waals surface area contributed by atoms with Gasteiger partial charge in [-0.3, -0.25) is 0 Å². The summed E-state index contributed by atoms with van der Waals surface area (Å²) in [6.07, 6.45) is 0.411. The Balaban J connectivity index is 2.81. The van der Waals surface area contributed by atoms with Gasteiger partial charge in [0.25, 0.3) is 0 Å². The molecule has 0 amide bonds. The highest BCUT2D eigenvalue weighted by molar-refractivity contribution is 7.90. The Morgan fingerprint density at radius 1 is 1.33 bits per heavy atom. The van der Waals surface area contributed by atoms with Crippen LogP contribution in [0.3, 0.4) is 0 Å². The number of hydrogen-bond acceptors (Lipinski definition) is 4. The third-order valence-corrected chi connectivity index (χ3v) is 4.09. The quantitative estimate of drug-likeness (QED) is 0.757. The minimum atomic E-state index is -3.31. The average molecular weight is 272 g/mol. The Labute approximate surface area is 106 Å². The van der Waals surface area contributed by atoms with Gasteiger partial charge in [0.15, 0.2) is 9.84 Å². The first-order valence-electron chi connectivity index (χ1n) is 5.47. The smallest absolute Gasteiger partial charge is 0.335 e. The van der Waals surface area contributed by atoms with Crippen LogP contribution in [0.2, 0.25) is 0 Å². The summed E-state index contributed by atoms with van der Waals surface area (Å²) in [4.78, 5) is 11.0. The number of sulfone groups is 1. The van der Waals surface area contributed by atoms with Crippen molar-refractivity contribution in [1.29, 1.82) is 0 Å². The molecule has 6 heteroatoms. The average Bonchev–Trinajstić information content (AvgIpc) is 2.29. The molecule has 0 aliphatic carbocycles. The predicted molar refractivity (Wildman–Crippen MR) is 67.4 cm³/mol. The lowest BCUT2D eigenvalue weighted by Gasteiger charge is -2.07. The maximum Gasteiger partial charge on any atom is 0.335 e. The van der Waals surface area contributed by atoms with Crippen LogP contribution in [-0.4, -0.2) is 39.0 Å². The van der Waals surface area contributed by atoms with E-state index >= 15 is 0 Å². The molecule has 0 unspecified atom stereocenters. The number of carboxylic acid groups (broad SMARTS) is 1. The second-order valence-electron chi connectivity index (χ2n) is 3.90. The molecule has 0 atom stereocenters. The van der Waals surface area contributed by atoms with Crippen molar-refractivity contribution in [1.82, 2.24) is 0 Å². The molecule has 1 N–H and O–H groups in total. The Morgan fingerprint density at radius 3 is 2.61 bits per heavy atom. The van der Waals surface area contributed by atoms with Crippen LogP contribution in [0.25, 0.3) is 0 Å². The highest BCUT2D eigenvalue weighted by atomic mass is 32.2. The molecule has 0 spiro atoms. The van der Waals surface area contributed by atoms with Gasteiger partial charge in [0.1, 0.15) is 0 Å². The van der Waals surface area contributed by atoms with Gasteiger partial charge in [0.2, 0.25) is 0 Å². The summed E-state index contributed by atoms with van der Waals surface area (Å²) < 4.78 is 28.4. The Bertz CT molecular complexity index is 507. The van der Waals surface area contributed by atoms with E-state index in [1.165, 1.54) is 19.2 Å². The number of aromatic carboxylic acids is 1. The predicted octanol–water partition coefficient (Wildman–Crippen LogP) is 1.34. The number of rotatable bonds is 7. The monoisotopic (exact) mass is 272 g/mol. The normalized spacial score (nSPS) is 11.4. The molecule has 0 saturated carbocycles. The van der Waals surface area contributed by atoms with Crippen LogP contribution in [0.15, 0.2) is 24.3 Å². The molecule has 0 fully saturated rings. The SMILES string of the molecule is COCCCS(=O)(=O)Cc1ccccc1C(=O)O. The molecule has 5 nitrogen and oxygen atoms in total. The number of carbonyl (C=O) groups is 1. The van der Waals surface area contributed by atoms with Gasteiger partial charge < -0.3 is 9.84 Å². The molecule has 0 aliphatic rings. The van der Waals surface area contributed by atoms with Crippen molar-refractivity contribution in [2.45, 2.75) is 12.2 Å². The summed E-state index contributed by atoms with van der Waals surface area (Å²) in [5, 5.41) is 8.96. The summed E-state index contributed by atoms with van der Waals surface area (Å²) in [7, 11) is -1.80. The second kappa shape index (κ2) is 6.51. The van der Waals surface area contributed by atoms with Crippen molar-refractivity contribution in [2.24, 2.45) is 0 Å². The zero-order valence-electron chi connectivity index (χ0n) is 10.1. The van der Waals surface area contributed by atoms with Gasteiger partial charge >= 0.3 is 5.97 Å². The molecule has 100 valence electrons. The number of ether oxygens (including phenoxy) is 1. The number of methoxy groups -OCH3 is 1. The van der Waals surface area contributed by atoms with Gasteiger partial charge in [0.05, 0.1) is 17.1 Å². The van der Waals surface area contributed by atoms with E-state index < -0.39 is 15.8 Å². The zero-order valence-corrected chi connectivity index (χ0v) is 10.9. The molecule has 0 bridgehead atoms. The van der Waals surface area contributed by atoms with Gasteiger partial charge in [0, 0.05) is 13.7 Å². The van der Waals surface area contributed by atoms with Gasteiger partial charge in [-0.05, 0) is 18.1 Å². The summed E-state index contributed by atoms with van der Waals surface area (Å²) in [5.41, 5.74) is 0.357. The van der Waals surface area contributed by atoms with Gasteiger partial charge in [-0.2, -0.15) is 0 Å². The van der Waals surface area contributed by atoms with Crippen molar-refractivity contribution in [3.8, 4) is 0 Å². The molecule has 0 saturated heterocycles. The van der Waals surface area contributed by atoms with E-state index in [-0.39, 0.29) is 17.1 Å². The first-order valence-corrected chi connectivity index (χ1v) is 7.29. The lowest BCUT2D eigenvalue weighted by Crippen LogP contribution is -2.13. The van der Waals surface area contributed by atoms with Crippen LogP contribution in [-0.2, 0) is 20.3 Å². The highest BCUT2D eigenvalue weighted by Gasteiger charge is 2.16. The van der Waals surface area contributed by atoms with Crippen LogP contribution >= 0.6 is 0 Å². The van der Waals surface area contributed by atoms with Gasteiger partial charge in [-0.1, -0.05) is 18.2 Å². The van der Waals surface area contributed by atoms with Crippen molar-refractivity contribution in [2.75, 3.05) is 19.5 Å². The van der Waals surface area contributed by atoms with E-state index in [1.807, 2.05) is 0 Å². The third-order valence-electron chi connectivity index (χ3n) is 2.43. The lowest BCUT2D eigenvalue weighted by molar-refractivity contribution is 0.0696. The fourth-order valence-electron chi connectivity index (χ4n) is 1.59. The van der Waals surface area contributed by atoms with Crippen molar-refractivity contribution in [3.63, 3.8) is 0 Å². The van der Waals surface area contributed by atoms with Crippen molar-refractivity contribution < 1.29 is 23.1 Å². The Morgan fingerprint density at radius 2 is 2.00 bits per heavy atom. The number of benzene rings is 1. The Hall–Kier alpha value is -1.40. The largest absolute Gasteiger partial charge is 0.478 e. The van der Waals surface area contributed by atoms with Crippen LogP contribution < -0.4 is 0 Å². The molecule has 0 aliphatic heterocycles. The van der Waals surface area contributed by atoms with E-state index in [1.54, 1.807) is 12.1 Å². The second-order valence-corrected chi connectivity index (χ2v) is 6.08. The Kier molecular flexibility index (Phi) is 5.30. The number of hydrogen-bond donors (Lipinski definition) is 1. The van der Waals surface area contributed by atoms with E-state index in [0.717, 1.165) is 0 Å². The van der Waals surface area contributed by atoms with Gasteiger partial charge in [-0.15, -0.1) is 0 Å². The first-order chi connectivity index (χ1) is 8.46. The zero-order chi connectivity index (χ0) is 13.6. The highest BCUT2D eigenvalue weighted by Crippen LogP contribution is 2.13. The molecular weight excluding hydrogens is 256 g/mol. The summed E-state index contributed by atoms with van der Waals surface area (Å²) in [6.45, 7) is 0.375. The van der Waals surface area contributed by atoms with E-state index in [9.17, 15) is 13.2 Å². The third kappa shape index (κ3) is 4.46. The maximum atomic E-state index is 11.8. The van der Waals surface area contributed by atoms with E-state index in [4.69, 9.17) is 9.84 Å². The molecule has 0 heterocycles. The molecule has 0 aromatic heterocycles. The molecule has 18 heavy (non-hydrogen) atoms. The molecule has 1 rings (SSSR count). The first kappa shape index (κ1) is 14.7. The molecule has 1 aromatic rings. The lowest BCUT2D eigenvalue weighted by atomic mass is 10.1. The van der Waals surface area contributed by atoms with Crippen LogP contribution in [0.5, 0.6) is 0 Å². The minimum Gasteiger partial charge on any atom is -0.478 e. The topological polar surface area (TPSA) is 80.7 Å². The summed E-state index contributed by atoms with van der Waals surface area (Å²) in [5.74, 6) is -1.37. The molecule has 0 radical (unpaired) electrons. The summed E-state index contributed by atoms with van der Waals surface area (Å²) in [6, 6.07) is 6.14. The number of carboxylic acids is 1. The summed E-state index contributed by atoms with van der Waals surface area (Å²) >= 11 is 0. The van der Waals surface area contributed by atoms with Crippen LogP contribution in [0, 0.1) is 0 Å². The van der Waals surface area contributed by atoms with Crippen molar-refractivity contribution >= 4 is 15.8 Å². The molecule has 1 aromatic carbocycles. The van der Waals surface area contributed by atoms with Crippen molar-refractivity contribution in [3.05, 3.63) is 35.4 Å². The molecular formula is C12H16O5S. The van der Waals surface area contributed by atoms with E-state index in [0.29, 0.717) is 18.6 Å². The van der Waals surface area contributed by atoms with Crippen LogP contribution in [0.4, 0.5) is 0 Å². The minimum absolute atomic E-state index is 0.00517. The van der Waals surface area contributed by atoms with E-state index in [2.05, 4.69) is 0 Å². The van der Waals surface area contributed by atoms with Gasteiger partial charge in [-0.25, -0.2) is 13.2 Å². The fraction of sp³-hybridized carbons (Fsp3) is 0.417. The fourth-order valence-corrected chi connectivity index (χ4v) is 3.01. The standard InChI is InChI=1S/C12H16O5S/c1-17-7-4-8-18(15,16)9-10-5-2-3-6-11(10)12(13)14/h2-3,5-6H,4,7-9H2,1H3,(H,13,14). The maximum absolute atomic E-state index is 11.8. The van der Waals surface area contributed by atoms with Crippen LogP contribution in [0.1, 0.15) is 22.3 Å².